The maximum absolute atomic E-state index is 12.2. The molecule has 1 aromatic heterocycles. The lowest BCUT2D eigenvalue weighted by atomic mass is 10.2. The van der Waals surface area contributed by atoms with Gasteiger partial charge in [-0.25, -0.2) is 9.59 Å². The summed E-state index contributed by atoms with van der Waals surface area (Å²) >= 11 is 0. The van der Waals surface area contributed by atoms with Crippen molar-refractivity contribution in [2.24, 2.45) is 0 Å². The molecule has 0 unspecified atom stereocenters. The average molecular weight is 415 g/mol. The standard InChI is InChI=1S/C20H25N5O5/c1-20(2,3)30-19(28)24-10-8-23(9-11-24)18-21-14-5-4-13(12-15(14)29-18)25-7-6-16(26)22-17(25)27/h4-5,12H,6-11H2,1-3H3,(H,22,26,27). The molecule has 0 aliphatic carbocycles. The monoisotopic (exact) mass is 415 g/mol. The molecule has 1 aromatic carbocycles. The predicted octanol–water partition coefficient (Wildman–Crippen LogP) is 2.33. The second kappa shape index (κ2) is 7.51. The number of nitrogens with zero attached hydrogens (tertiary/aromatic N) is 4. The molecule has 4 amide bonds. The molecule has 0 atom stereocenters. The zero-order chi connectivity index (χ0) is 21.5. The third-order valence-electron chi connectivity index (χ3n) is 4.93. The number of carbonyl (C=O) groups excluding carboxylic acids is 3. The number of amides is 4. The number of nitrogens with one attached hydrogen (secondary N) is 1. The third-order valence-corrected chi connectivity index (χ3v) is 4.93. The van der Waals surface area contributed by atoms with Gasteiger partial charge in [-0.05, 0) is 32.9 Å². The SMILES string of the molecule is CC(C)(C)OC(=O)N1CCN(c2nc3ccc(N4CCC(=O)NC4=O)cc3o2)CC1. The Kier molecular flexibility index (Phi) is 5.00. The molecule has 2 fully saturated rings. The minimum Gasteiger partial charge on any atom is -0.444 e. The Morgan fingerprint density at radius 3 is 2.53 bits per heavy atom. The van der Waals surface area contributed by atoms with Crippen molar-refractivity contribution in [1.82, 2.24) is 15.2 Å². The molecule has 2 aliphatic heterocycles. The fourth-order valence-corrected chi connectivity index (χ4v) is 3.42. The second-order valence-corrected chi connectivity index (χ2v) is 8.36. The van der Waals surface area contributed by atoms with Gasteiger partial charge in [0.25, 0.3) is 6.01 Å². The molecule has 2 aromatic rings. The van der Waals surface area contributed by atoms with Crippen LogP contribution in [0.2, 0.25) is 0 Å². The van der Waals surface area contributed by atoms with Crippen molar-refractivity contribution < 1.29 is 23.5 Å². The summed E-state index contributed by atoms with van der Waals surface area (Å²) in [5.41, 5.74) is 1.36. The molecule has 0 radical (unpaired) electrons. The third kappa shape index (κ3) is 4.17. The first kappa shape index (κ1) is 20.0. The van der Waals surface area contributed by atoms with Crippen LogP contribution in [-0.2, 0) is 9.53 Å². The fourth-order valence-electron chi connectivity index (χ4n) is 3.42. The zero-order valence-corrected chi connectivity index (χ0v) is 17.3. The number of urea groups is 1. The molecule has 10 nitrogen and oxygen atoms in total. The molecule has 30 heavy (non-hydrogen) atoms. The van der Waals surface area contributed by atoms with E-state index < -0.39 is 11.6 Å². The summed E-state index contributed by atoms with van der Waals surface area (Å²) in [6.45, 7) is 8.05. The number of fused-ring (bicyclic) bond motifs is 1. The number of piperazine rings is 1. The van der Waals surface area contributed by atoms with Crippen molar-refractivity contribution in [1.29, 1.82) is 0 Å². The average Bonchev–Trinajstić information content (AvgIpc) is 3.10. The topological polar surface area (TPSA) is 108 Å². The van der Waals surface area contributed by atoms with Gasteiger partial charge in [-0.15, -0.1) is 0 Å². The van der Waals surface area contributed by atoms with Crippen molar-refractivity contribution >= 4 is 40.8 Å². The van der Waals surface area contributed by atoms with Crippen LogP contribution < -0.4 is 15.1 Å². The molecular weight excluding hydrogens is 390 g/mol. The van der Waals surface area contributed by atoms with Gasteiger partial charge in [-0.2, -0.15) is 4.98 Å². The quantitative estimate of drug-likeness (QED) is 0.802. The summed E-state index contributed by atoms with van der Waals surface area (Å²) in [6, 6.07) is 5.36. The van der Waals surface area contributed by atoms with Crippen molar-refractivity contribution in [2.75, 3.05) is 42.5 Å². The molecule has 3 heterocycles. The van der Waals surface area contributed by atoms with Crippen LogP contribution >= 0.6 is 0 Å². The minimum atomic E-state index is -0.523. The second-order valence-electron chi connectivity index (χ2n) is 8.36. The van der Waals surface area contributed by atoms with Crippen LogP contribution in [0.4, 0.5) is 21.3 Å². The number of hydrogen-bond acceptors (Lipinski definition) is 7. The first-order valence-corrected chi connectivity index (χ1v) is 9.94. The van der Waals surface area contributed by atoms with E-state index in [4.69, 9.17) is 9.15 Å². The lowest BCUT2D eigenvalue weighted by Crippen LogP contribution is -2.50. The number of carbonyl (C=O) groups is 3. The number of aromatic nitrogens is 1. The number of rotatable bonds is 2. The lowest BCUT2D eigenvalue weighted by molar-refractivity contribution is -0.120. The van der Waals surface area contributed by atoms with E-state index in [-0.39, 0.29) is 18.4 Å². The van der Waals surface area contributed by atoms with Gasteiger partial charge in [-0.3, -0.25) is 15.0 Å². The summed E-state index contributed by atoms with van der Waals surface area (Å²) in [5.74, 6) is -0.273. The van der Waals surface area contributed by atoms with Gasteiger partial charge < -0.3 is 19.0 Å². The summed E-state index contributed by atoms with van der Waals surface area (Å²) in [6.07, 6.45) is -0.0597. The lowest BCUT2D eigenvalue weighted by Gasteiger charge is -2.34. The number of anilines is 2. The molecular formula is C20H25N5O5. The van der Waals surface area contributed by atoms with Gasteiger partial charge >= 0.3 is 12.1 Å². The molecule has 0 spiro atoms. The Morgan fingerprint density at radius 1 is 1.13 bits per heavy atom. The Balaban J connectivity index is 1.44. The molecule has 160 valence electrons. The van der Waals surface area contributed by atoms with E-state index in [1.807, 2.05) is 25.7 Å². The van der Waals surface area contributed by atoms with Gasteiger partial charge in [0, 0.05) is 50.9 Å². The normalized spacial score (nSPS) is 18.0. The summed E-state index contributed by atoms with van der Waals surface area (Å²) in [5, 5.41) is 2.31. The number of ether oxygens (including phenoxy) is 1. The fraction of sp³-hybridized carbons (Fsp3) is 0.500. The van der Waals surface area contributed by atoms with Crippen LogP contribution in [0, 0.1) is 0 Å². The summed E-state index contributed by atoms with van der Waals surface area (Å²) in [4.78, 5) is 45.3. The Labute approximate surface area is 173 Å². The van der Waals surface area contributed by atoms with E-state index in [1.165, 1.54) is 4.90 Å². The van der Waals surface area contributed by atoms with E-state index in [2.05, 4.69) is 10.3 Å². The smallest absolute Gasteiger partial charge is 0.410 e. The van der Waals surface area contributed by atoms with Gasteiger partial charge in [0.05, 0.1) is 0 Å². The van der Waals surface area contributed by atoms with E-state index in [1.54, 1.807) is 23.1 Å². The van der Waals surface area contributed by atoms with Crippen molar-refractivity contribution in [3.8, 4) is 0 Å². The van der Waals surface area contributed by atoms with Gasteiger partial charge in [0.15, 0.2) is 5.58 Å². The van der Waals surface area contributed by atoms with E-state index in [9.17, 15) is 14.4 Å². The van der Waals surface area contributed by atoms with Crippen LogP contribution in [0.3, 0.4) is 0 Å². The van der Waals surface area contributed by atoms with Gasteiger partial charge in [0.2, 0.25) is 5.91 Å². The van der Waals surface area contributed by atoms with Crippen LogP contribution in [-0.4, -0.2) is 66.2 Å². The van der Waals surface area contributed by atoms with Gasteiger partial charge in [0.1, 0.15) is 11.1 Å². The van der Waals surface area contributed by atoms with Crippen molar-refractivity contribution in [2.45, 2.75) is 32.8 Å². The van der Waals surface area contributed by atoms with Crippen LogP contribution in [0.15, 0.2) is 22.6 Å². The highest BCUT2D eigenvalue weighted by Gasteiger charge is 2.28. The Bertz CT molecular complexity index is 987. The molecule has 0 saturated carbocycles. The van der Waals surface area contributed by atoms with Gasteiger partial charge in [-0.1, -0.05) is 0 Å². The first-order valence-electron chi connectivity index (χ1n) is 9.94. The Hall–Kier alpha value is -3.30. The van der Waals surface area contributed by atoms with E-state index in [0.717, 1.165) is 0 Å². The van der Waals surface area contributed by atoms with Crippen LogP contribution in [0.25, 0.3) is 11.1 Å². The molecule has 2 aliphatic rings. The number of oxazole rings is 1. The van der Waals surface area contributed by atoms with Crippen molar-refractivity contribution in [3.05, 3.63) is 18.2 Å². The summed E-state index contributed by atoms with van der Waals surface area (Å²) < 4.78 is 11.3. The first-order chi connectivity index (χ1) is 14.2. The van der Waals surface area contributed by atoms with E-state index >= 15 is 0 Å². The number of benzene rings is 1. The predicted molar refractivity (Wildman–Crippen MR) is 110 cm³/mol. The molecule has 2 saturated heterocycles. The van der Waals surface area contributed by atoms with Crippen LogP contribution in [0.5, 0.6) is 0 Å². The molecule has 1 N–H and O–H groups in total. The molecule has 10 heteroatoms. The van der Waals surface area contributed by atoms with Crippen LogP contribution in [0.1, 0.15) is 27.2 Å². The largest absolute Gasteiger partial charge is 0.444 e. The highest BCUT2D eigenvalue weighted by molar-refractivity contribution is 6.06. The zero-order valence-electron chi connectivity index (χ0n) is 17.3. The molecule has 4 rings (SSSR count). The highest BCUT2D eigenvalue weighted by Crippen LogP contribution is 2.28. The number of imide groups is 1. The maximum Gasteiger partial charge on any atom is 0.410 e. The van der Waals surface area contributed by atoms with Crippen molar-refractivity contribution in [3.63, 3.8) is 0 Å². The Morgan fingerprint density at radius 2 is 1.87 bits per heavy atom. The number of hydrogen-bond donors (Lipinski definition) is 1. The maximum atomic E-state index is 12.2. The van der Waals surface area contributed by atoms with E-state index in [0.29, 0.717) is 55.5 Å². The summed E-state index contributed by atoms with van der Waals surface area (Å²) in [7, 11) is 0. The minimum absolute atomic E-state index is 0.257. The highest BCUT2D eigenvalue weighted by atomic mass is 16.6. The molecule has 0 bridgehead atoms.